The van der Waals surface area contributed by atoms with E-state index in [-0.39, 0.29) is 0 Å². The Balaban J connectivity index is 4.06. The van der Waals surface area contributed by atoms with Crippen molar-refractivity contribution in [1.29, 1.82) is 0 Å². The zero-order valence-electron chi connectivity index (χ0n) is 10.8. The van der Waals surface area contributed by atoms with Crippen molar-refractivity contribution in [2.24, 2.45) is 0 Å². The SMILES string of the molecule is CCCCC/C=C(/CCC)[Si](C)(C)C. The predicted molar refractivity (Wildman–Crippen MR) is 70.5 cm³/mol. The lowest BCUT2D eigenvalue weighted by atomic mass is 10.2. The lowest BCUT2D eigenvalue weighted by Gasteiger charge is -2.20. The Morgan fingerprint density at radius 2 is 1.64 bits per heavy atom. The molecule has 0 bridgehead atoms. The smallest absolute Gasteiger partial charge is 0.0720 e. The van der Waals surface area contributed by atoms with Gasteiger partial charge in [0.2, 0.25) is 0 Å². The van der Waals surface area contributed by atoms with Crippen LogP contribution in [0.25, 0.3) is 0 Å². The van der Waals surface area contributed by atoms with Crippen LogP contribution in [0.4, 0.5) is 0 Å². The zero-order valence-corrected chi connectivity index (χ0v) is 11.8. The molecule has 1 heteroatoms. The van der Waals surface area contributed by atoms with Gasteiger partial charge in [-0.05, 0) is 19.3 Å². The van der Waals surface area contributed by atoms with Gasteiger partial charge in [-0.2, -0.15) is 0 Å². The van der Waals surface area contributed by atoms with Crippen LogP contribution in [0.5, 0.6) is 0 Å². The third-order valence-corrected chi connectivity index (χ3v) is 5.06. The topological polar surface area (TPSA) is 0 Å². The number of hydrogen-bond acceptors (Lipinski definition) is 0. The molecule has 0 atom stereocenters. The molecule has 0 radical (unpaired) electrons. The maximum atomic E-state index is 2.55. The van der Waals surface area contributed by atoms with Gasteiger partial charge in [0.1, 0.15) is 0 Å². The first-order valence-corrected chi connectivity index (χ1v) is 9.71. The van der Waals surface area contributed by atoms with Crippen LogP contribution in [0.15, 0.2) is 11.3 Å². The zero-order chi connectivity index (χ0) is 11.0. The van der Waals surface area contributed by atoms with Gasteiger partial charge in [0, 0.05) is 0 Å². The van der Waals surface area contributed by atoms with E-state index in [0.29, 0.717) is 0 Å². The van der Waals surface area contributed by atoms with Crippen molar-refractivity contribution in [3.63, 3.8) is 0 Å². The second-order valence-corrected chi connectivity index (χ2v) is 10.4. The molecular weight excluding hydrogens is 184 g/mol. The van der Waals surface area contributed by atoms with E-state index in [2.05, 4.69) is 39.6 Å². The Hall–Kier alpha value is -0.0431. The summed E-state index contributed by atoms with van der Waals surface area (Å²) in [6, 6.07) is 0. The van der Waals surface area contributed by atoms with Crippen molar-refractivity contribution < 1.29 is 0 Å². The second kappa shape index (κ2) is 7.28. The molecule has 14 heavy (non-hydrogen) atoms. The molecule has 0 amide bonds. The highest BCUT2D eigenvalue weighted by Gasteiger charge is 2.17. The second-order valence-electron chi connectivity index (χ2n) is 5.23. The van der Waals surface area contributed by atoms with E-state index < -0.39 is 8.07 Å². The fourth-order valence-electron chi connectivity index (χ4n) is 1.72. The molecule has 0 N–H and O–H groups in total. The maximum absolute atomic E-state index is 2.55. The quantitative estimate of drug-likeness (QED) is 0.403. The number of rotatable bonds is 7. The molecule has 0 spiro atoms. The number of unbranched alkanes of at least 4 members (excludes halogenated alkanes) is 3. The molecule has 0 saturated carbocycles. The molecule has 0 heterocycles. The van der Waals surface area contributed by atoms with Crippen LogP contribution in [-0.4, -0.2) is 8.07 Å². The van der Waals surface area contributed by atoms with E-state index in [0.717, 1.165) is 0 Å². The van der Waals surface area contributed by atoms with Crippen LogP contribution >= 0.6 is 0 Å². The monoisotopic (exact) mass is 212 g/mol. The van der Waals surface area contributed by atoms with Crippen molar-refractivity contribution in [3.8, 4) is 0 Å². The molecule has 0 aromatic rings. The Bertz CT molecular complexity index is 163. The van der Waals surface area contributed by atoms with E-state index in [1.165, 1.54) is 38.5 Å². The first-order valence-electron chi connectivity index (χ1n) is 6.21. The largest absolute Gasteiger partial charge is 0.0892 e. The first-order chi connectivity index (χ1) is 6.52. The van der Waals surface area contributed by atoms with Crippen molar-refractivity contribution in [2.75, 3.05) is 0 Å². The minimum Gasteiger partial charge on any atom is -0.0892 e. The summed E-state index contributed by atoms with van der Waals surface area (Å²) in [6.07, 6.45) is 10.6. The molecule has 0 aromatic carbocycles. The van der Waals surface area contributed by atoms with E-state index in [1.807, 2.05) is 0 Å². The van der Waals surface area contributed by atoms with E-state index in [4.69, 9.17) is 0 Å². The average Bonchev–Trinajstić information content (AvgIpc) is 2.08. The minimum atomic E-state index is -1.01. The summed E-state index contributed by atoms with van der Waals surface area (Å²) in [7, 11) is -1.01. The van der Waals surface area contributed by atoms with Crippen molar-refractivity contribution in [2.45, 2.75) is 72.0 Å². The molecule has 0 aliphatic carbocycles. The van der Waals surface area contributed by atoms with Gasteiger partial charge in [-0.25, -0.2) is 0 Å². The molecule has 84 valence electrons. The van der Waals surface area contributed by atoms with Crippen LogP contribution in [0.2, 0.25) is 19.6 Å². The predicted octanol–water partition coefficient (Wildman–Crippen LogP) is 5.17. The van der Waals surface area contributed by atoms with Gasteiger partial charge in [0.25, 0.3) is 0 Å². The highest BCUT2D eigenvalue weighted by molar-refractivity contribution is 6.83. The van der Waals surface area contributed by atoms with Crippen molar-refractivity contribution in [1.82, 2.24) is 0 Å². The molecule has 0 rings (SSSR count). The third-order valence-electron chi connectivity index (χ3n) is 2.68. The fraction of sp³-hybridized carbons (Fsp3) is 0.846. The molecule has 0 fully saturated rings. The van der Waals surface area contributed by atoms with Gasteiger partial charge in [-0.3, -0.25) is 0 Å². The lowest BCUT2D eigenvalue weighted by Crippen LogP contribution is -2.23. The van der Waals surface area contributed by atoms with Crippen molar-refractivity contribution in [3.05, 3.63) is 11.3 Å². The third kappa shape index (κ3) is 6.42. The summed E-state index contributed by atoms with van der Waals surface area (Å²) in [5.74, 6) is 0. The van der Waals surface area contributed by atoms with Crippen molar-refractivity contribution >= 4 is 8.07 Å². The normalized spacial score (nSPS) is 13.4. The van der Waals surface area contributed by atoms with Gasteiger partial charge >= 0.3 is 0 Å². The summed E-state index contributed by atoms with van der Waals surface area (Å²) >= 11 is 0. The van der Waals surface area contributed by atoms with Crippen LogP contribution < -0.4 is 0 Å². The fourth-order valence-corrected chi connectivity index (χ4v) is 3.48. The summed E-state index contributed by atoms with van der Waals surface area (Å²) in [5, 5.41) is 1.79. The van der Waals surface area contributed by atoms with Gasteiger partial charge in [-0.15, -0.1) is 0 Å². The highest BCUT2D eigenvalue weighted by Crippen LogP contribution is 2.20. The highest BCUT2D eigenvalue weighted by atomic mass is 28.3. The number of hydrogen-bond donors (Lipinski definition) is 0. The summed E-state index contributed by atoms with van der Waals surface area (Å²) < 4.78 is 0. The van der Waals surface area contributed by atoms with Gasteiger partial charge in [-0.1, -0.05) is 64.0 Å². The van der Waals surface area contributed by atoms with Crippen LogP contribution in [0, 0.1) is 0 Å². The van der Waals surface area contributed by atoms with E-state index in [1.54, 1.807) is 5.20 Å². The lowest BCUT2D eigenvalue weighted by molar-refractivity contribution is 0.726. The van der Waals surface area contributed by atoms with Gasteiger partial charge in [0.15, 0.2) is 0 Å². The average molecular weight is 212 g/mol. The standard InChI is InChI=1S/C13H28Si/c1-6-8-9-10-12-13(11-7-2)14(3,4)5/h12H,6-11H2,1-5H3/b13-12-. The Morgan fingerprint density at radius 1 is 1.00 bits per heavy atom. The van der Waals surface area contributed by atoms with E-state index in [9.17, 15) is 0 Å². The summed E-state index contributed by atoms with van der Waals surface area (Å²) in [6.45, 7) is 12.0. The molecule has 0 nitrogen and oxygen atoms in total. The van der Waals surface area contributed by atoms with E-state index >= 15 is 0 Å². The molecule has 0 aromatic heterocycles. The molecule has 0 saturated heterocycles. The molecule has 0 aliphatic rings. The minimum absolute atomic E-state index is 1.01. The van der Waals surface area contributed by atoms with Crippen LogP contribution in [0.1, 0.15) is 52.4 Å². The van der Waals surface area contributed by atoms with Crippen LogP contribution in [-0.2, 0) is 0 Å². The number of allylic oxidation sites excluding steroid dienone is 2. The Kier molecular flexibility index (Phi) is 7.25. The first kappa shape index (κ1) is 14.0. The van der Waals surface area contributed by atoms with Gasteiger partial charge < -0.3 is 0 Å². The molecule has 0 unspecified atom stereocenters. The Labute approximate surface area is 91.8 Å². The van der Waals surface area contributed by atoms with Crippen LogP contribution in [0.3, 0.4) is 0 Å². The Morgan fingerprint density at radius 3 is 2.07 bits per heavy atom. The summed E-state index contributed by atoms with van der Waals surface area (Å²) in [4.78, 5) is 0. The summed E-state index contributed by atoms with van der Waals surface area (Å²) in [5.41, 5.74) is 0. The van der Waals surface area contributed by atoms with Gasteiger partial charge in [0.05, 0.1) is 8.07 Å². The molecular formula is C13H28Si. The maximum Gasteiger partial charge on any atom is 0.0720 e. The molecule has 0 aliphatic heterocycles.